The Morgan fingerprint density at radius 3 is 2.67 bits per heavy atom. The summed E-state index contributed by atoms with van der Waals surface area (Å²) in [6.07, 6.45) is 0. The van der Waals surface area contributed by atoms with Gasteiger partial charge in [-0.2, -0.15) is 0 Å². The summed E-state index contributed by atoms with van der Waals surface area (Å²) in [5, 5.41) is 9.29. The summed E-state index contributed by atoms with van der Waals surface area (Å²) in [6, 6.07) is 13.5. The Hall–Kier alpha value is -2.49. The van der Waals surface area contributed by atoms with Crippen molar-refractivity contribution in [2.45, 2.75) is 6.61 Å². The Morgan fingerprint density at radius 2 is 1.94 bits per heavy atom. The number of hydrogen-bond donors (Lipinski definition) is 2. The topological polar surface area (TPSA) is 72.6 Å². The molecule has 0 fully saturated rings. The molecule has 3 N–H and O–H groups in total. The summed E-state index contributed by atoms with van der Waals surface area (Å²) in [6.45, 7) is 0.310. The molecule has 0 bridgehead atoms. The number of nitrogens with two attached hydrogens (primary N) is 1. The van der Waals surface area contributed by atoms with Gasteiger partial charge in [-0.15, -0.1) is 0 Å². The van der Waals surface area contributed by atoms with Crippen LogP contribution >= 0.6 is 0 Å². The number of phenolic OH excluding ortho intramolecular Hbond substituents is 1. The molecule has 92 valence electrons. The number of primary amides is 1. The van der Waals surface area contributed by atoms with Crippen LogP contribution in [-0.4, -0.2) is 11.0 Å². The molecule has 0 spiro atoms. The normalized spacial score (nSPS) is 10.0. The lowest BCUT2D eigenvalue weighted by Gasteiger charge is -2.07. The van der Waals surface area contributed by atoms with E-state index < -0.39 is 5.91 Å². The van der Waals surface area contributed by atoms with Gasteiger partial charge in [0.2, 0.25) is 5.91 Å². The first kappa shape index (κ1) is 12.0. The van der Waals surface area contributed by atoms with Crippen molar-refractivity contribution in [3.8, 4) is 11.5 Å². The average Bonchev–Trinajstić information content (AvgIpc) is 2.37. The first-order valence-electron chi connectivity index (χ1n) is 5.46. The van der Waals surface area contributed by atoms with Gasteiger partial charge in [0.15, 0.2) is 0 Å². The molecule has 2 aromatic rings. The second-order valence-electron chi connectivity index (χ2n) is 3.85. The van der Waals surface area contributed by atoms with Crippen molar-refractivity contribution in [3.05, 3.63) is 59.7 Å². The first-order valence-corrected chi connectivity index (χ1v) is 5.46. The molecule has 0 saturated heterocycles. The van der Waals surface area contributed by atoms with E-state index in [0.29, 0.717) is 17.9 Å². The fraction of sp³-hybridized carbons (Fsp3) is 0.0714. The third-order valence-corrected chi connectivity index (χ3v) is 2.43. The molecule has 0 aromatic heterocycles. The number of carbonyl (C=O) groups excluding carboxylic acids is 1. The smallest absolute Gasteiger partial charge is 0.248 e. The van der Waals surface area contributed by atoms with E-state index in [0.717, 1.165) is 5.56 Å². The van der Waals surface area contributed by atoms with Gasteiger partial charge in [-0.3, -0.25) is 4.79 Å². The van der Waals surface area contributed by atoms with Gasteiger partial charge >= 0.3 is 0 Å². The molecule has 4 nitrogen and oxygen atoms in total. The van der Waals surface area contributed by atoms with Gasteiger partial charge < -0.3 is 15.6 Å². The van der Waals surface area contributed by atoms with Crippen LogP contribution in [0.25, 0.3) is 0 Å². The van der Waals surface area contributed by atoms with Crippen molar-refractivity contribution in [1.29, 1.82) is 0 Å². The monoisotopic (exact) mass is 243 g/mol. The number of carbonyl (C=O) groups is 1. The molecule has 0 saturated carbocycles. The van der Waals surface area contributed by atoms with Gasteiger partial charge in [-0.05, 0) is 29.8 Å². The molecule has 4 heteroatoms. The zero-order chi connectivity index (χ0) is 13.0. The minimum absolute atomic E-state index is 0.151. The van der Waals surface area contributed by atoms with E-state index >= 15 is 0 Å². The van der Waals surface area contributed by atoms with Crippen LogP contribution in [0.1, 0.15) is 15.9 Å². The minimum atomic E-state index is -0.464. The third kappa shape index (κ3) is 3.01. The van der Waals surface area contributed by atoms with Crippen LogP contribution in [0.4, 0.5) is 0 Å². The first-order chi connectivity index (χ1) is 8.65. The number of benzene rings is 2. The minimum Gasteiger partial charge on any atom is -0.508 e. The molecule has 2 aromatic carbocycles. The number of amides is 1. The molecular formula is C14H13NO3. The maximum atomic E-state index is 11.0. The predicted molar refractivity (Wildman–Crippen MR) is 67.4 cm³/mol. The third-order valence-electron chi connectivity index (χ3n) is 2.43. The molecule has 0 aliphatic carbocycles. The molecule has 0 aliphatic heterocycles. The maximum Gasteiger partial charge on any atom is 0.248 e. The van der Waals surface area contributed by atoms with Crippen LogP contribution in [0, 0.1) is 0 Å². The van der Waals surface area contributed by atoms with Crippen LogP contribution in [0.2, 0.25) is 0 Å². The van der Waals surface area contributed by atoms with Gasteiger partial charge in [-0.1, -0.05) is 18.2 Å². The summed E-state index contributed by atoms with van der Waals surface area (Å²) in [5.41, 5.74) is 6.49. The summed E-state index contributed by atoms with van der Waals surface area (Å²) in [4.78, 5) is 11.0. The van der Waals surface area contributed by atoms with Crippen LogP contribution in [0.5, 0.6) is 11.5 Å². The fourth-order valence-electron chi connectivity index (χ4n) is 1.55. The highest BCUT2D eigenvalue weighted by atomic mass is 16.5. The SMILES string of the molecule is NC(=O)c1cccc(COc2cccc(O)c2)c1. The van der Waals surface area contributed by atoms with Crippen molar-refractivity contribution in [1.82, 2.24) is 0 Å². The van der Waals surface area contributed by atoms with Crippen molar-refractivity contribution in [2.75, 3.05) is 0 Å². The zero-order valence-electron chi connectivity index (χ0n) is 9.67. The van der Waals surface area contributed by atoms with E-state index in [-0.39, 0.29) is 5.75 Å². The van der Waals surface area contributed by atoms with Crippen LogP contribution in [0.3, 0.4) is 0 Å². The lowest BCUT2D eigenvalue weighted by Crippen LogP contribution is -2.11. The molecule has 0 atom stereocenters. The molecule has 18 heavy (non-hydrogen) atoms. The number of phenols is 1. The van der Waals surface area contributed by atoms with E-state index in [1.807, 2.05) is 6.07 Å². The van der Waals surface area contributed by atoms with E-state index in [4.69, 9.17) is 10.5 Å². The van der Waals surface area contributed by atoms with Gasteiger partial charge in [0, 0.05) is 11.6 Å². The van der Waals surface area contributed by atoms with E-state index in [1.165, 1.54) is 6.07 Å². The second kappa shape index (κ2) is 5.23. The molecule has 0 unspecified atom stereocenters. The summed E-state index contributed by atoms with van der Waals surface area (Å²) >= 11 is 0. The highest BCUT2D eigenvalue weighted by Gasteiger charge is 2.02. The van der Waals surface area contributed by atoms with Gasteiger partial charge in [0.05, 0.1) is 0 Å². The summed E-state index contributed by atoms with van der Waals surface area (Å²) < 4.78 is 5.50. The second-order valence-corrected chi connectivity index (χ2v) is 3.85. The van der Waals surface area contributed by atoms with Gasteiger partial charge in [0.25, 0.3) is 0 Å². The number of ether oxygens (including phenoxy) is 1. The molecule has 0 heterocycles. The lowest BCUT2D eigenvalue weighted by molar-refractivity contribution is 0.1000. The van der Waals surface area contributed by atoms with Gasteiger partial charge in [-0.25, -0.2) is 0 Å². The zero-order valence-corrected chi connectivity index (χ0v) is 9.67. The standard InChI is InChI=1S/C14H13NO3/c15-14(17)11-4-1-3-10(7-11)9-18-13-6-2-5-12(16)8-13/h1-8,16H,9H2,(H2,15,17). The molecule has 0 radical (unpaired) electrons. The predicted octanol–water partition coefficient (Wildman–Crippen LogP) is 2.07. The average molecular weight is 243 g/mol. The number of hydrogen-bond acceptors (Lipinski definition) is 3. The quantitative estimate of drug-likeness (QED) is 0.863. The van der Waals surface area contributed by atoms with Crippen LogP contribution < -0.4 is 10.5 Å². The Morgan fingerprint density at radius 1 is 1.17 bits per heavy atom. The van der Waals surface area contributed by atoms with E-state index in [1.54, 1.807) is 36.4 Å². The highest BCUT2D eigenvalue weighted by molar-refractivity contribution is 5.92. The van der Waals surface area contributed by atoms with Gasteiger partial charge in [0.1, 0.15) is 18.1 Å². The van der Waals surface area contributed by atoms with Crippen molar-refractivity contribution in [2.24, 2.45) is 5.73 Å². The fourth-order valence-corrected chi connectivity index (χ4v) is 1.55. The highest BCUT2D eigenvalue weighted by Crippen LogP contribution is 2.19. The molecule has 1 amide bonds. The Labute approximate surface area is 105 Å². The van der Waals surface area contributed by atoms with Crippen molar-refractivity contribution >= 4 is 5.91 Å². The molecule has 0 aliphatic rings. The summed E-state index contributed by atoms with van der Waals surface area (Å²) in [5.74, 6) is 0.257. The largest absolute Gasteiger partial charge is 0.508 e. The summed E-state index contributed by atoms with van der Waals surface area (Å²) in [7, 11) is 0. The van der Waals surface area contributed by atoms with E-state index in [2.05, 4.69) is 0 Å². The van der Waals surface area contributed by atoms with Crippen molar-refractivity contribution in [3.63, 3.8) is 0 Å². The molecule has 2 rings (SSSR count). The maximum absolute atomic E-state index is 11.0. The van der Waals surface area contributed by atoms with E-state index in [9.17, 15) is 9.90 Å². The molecular weight excluding hydrogens is 230 g/mol. The van der Waals surface area contributed by atoms with Crippen LogP contribution in [0.15, 0.2) is 48.5 Å². The number of rotatable bonds is 4. The Kier molecular flexibility index (Phi) is 3.48. The lowest BCUT2D eigenvalue weighted by atomic mass is 10.1. The number of aromatic hydroxyl groups is 1. The van der Waals surface area contributed by atoms with Crippen molar-refractivity contribution < 1.29 is 14.6 Å². The Bertz CT molecular complexity index is 566. The Balaban J connectivity index is 2.06. The van der Waals surface area contributed by atoms with Crippen LogP contribution in [-0.2, 0) is 6.61 Å².